The molecule has 1 aromatic rings. The van der Waals surface area contributed by atoms with Gasteiger partial charge in [0.2, 0.25) is 5.91 Å². The highest BCUT2D eigenvalue weighted by Crippen LogP contribution is 2.22. The highest BCUT2D eigenvalue weighted by molar-refractivity contribution is 5.83. The largest absolute Gasteiger partial charge is 0.302 e. The molecule has 1 heterocycles. The number of carbonyl (C=O) groups excluding carboxylic acids is 1. The van der Waals surface area contributed by atoms with Crippen molar-refractivity contribution in [2.24, 2.45) is 11.8 Å². The molecule has 2 rings (SSSR count). The van der Waals surface area contributed by atoms with E-state index in [0.29, 0.717) is 0 Å². The van der Waals surface area contributed by atoms with Crippen molar-refractivity contribution in [2.75, 3.05) is 19.6 Å². The maximum atomic E-state index is 11.9. The van der Waals surface area contributed by atoms with E-state index in [1.54, 1.807) is 0 Å². The number of rotatable bonds is 4. The van der Waals surface area contributed by atoms with E-state index >= 15 is 0 Å². The van der Waals surface area contributed by atoms with Gasteiger partial charge in [0.15, 0.2) is 0 Å². The standard InChI is InChI=1S/C14H21N3O/c1-11-7-8-17(9-11)10-13(14(18)16-15)12-5-3-2-4-6-12/h2-6,11,13H,7-10,15H2,1H3,(H,16,18). The first-order valence-electron chi connectivity index (χ1n) is 6.48. The van der Waals surface area contributed by atoms with E-state index in [4.69, 9.17) is 5.84 Å². The van der Waals surface area contributed by atoms with E-state index < -0.39 is 0 Å². The second-order valence-electron chi connectivity index (χ2n) is 5.13. The molecule has 0 aliphatic carbocycles. The molecule has 3 N–H and O–H groups in total. The van der Waals surface area contributed by atoms with Crippen LogP contribution in [-0.2, 0) is 4.79 Å². The van der Waals surface area contributed by atoms with E-state index in [2.05, 4.69) is 17.2 Å². The van der Waals surface area contributed by atoms with Crippen LogP contribution >= 0.6 is 0 Å². The Morgan fingerprint density at radius 2 is 2.22 bits per heavy atom. The zero-order chi connectivity index (χ0) is 13.0. The average molecular weight is 247 g/mol. The van der Waals surface area contributed by atoms with Crippen molar-refractivity contribution < 1.29 is 4.79 Å². The maximum Gasteiger partial charge on any atom is 0.242 e. The SMILES string of the molecule is CC1CCN(CC(C(=O)NN)c2ccccc2)C1. The number of nitrogens with one attached hydrogen (secondary N) is 1. The Balaban J connectivity index is 2.09. The number of hydrogen-bond acceptors (Lipinski definition) is 3. The monoisotopic (exact) mass is 247 g/mol. The molecule has 0 bridgehead atoms. The molecule has 4 heteroatoms. The van der Waals surface area contributed by atoms with E-state index in [1.165, 1.54) is 6.42 Å². The van der Waals surface area contributed by atoms with Crippen molar-refractivity contribution in [2.45, 2.75) is 19.3 Å². The molecule has 0 aromatic heterocycles. The highest BCUT2D eigenvalue weighted by Gasteiger charge is 2.26. The third-order valence-electron chi connectivity index (χ3n) is 3.61. The van der Waals surface area contributed by atoms with Crippen LogP contribution in [0.4, 0.5) is 0 Å². The van der Waals surface area contributed by atoms with Gasteiger partial charge in [-0.1, -0.05) is 37.3 Å². The van der Waals surface area contributed by atoms with Gasteiger partial charge in [-0.05, 0) is 24.4 Å². The topological polar surface area (TPSA) is 58.4 Å². The lowest BCUT2D eigenvalue weighted by Gasteiger charge is -2.22. The summed E-state index contributed by atoms with van der Waals surface area (Å²) in [5, 5.41) is 0. The summed E-state index contributed by atoms with van der Waals surface area (Å²) in [4.78, 5) is 14.3. The fourth-order valence-corrected chi connectivity index (χ4v) is 2.58. The summed E-state index contributed by atoms with van der Waals surface area (Å²) in [7, 11) is 0. The molecule has 1 aromatic carbocycles. The van der Waals surface area contributed by atoms with Crippen LogP contribution in [0.2, 0.25) is 0 Å². The first-order valence-corrected chi connectivity index (χ1v) is 6.48. The zero-order valence-corrected chi connectivity index (χ0v) is 10.8. The smallest absolute Gasteiger partial charge is 0.242 e. The van der Waals surface area contributed by atoms with Crippen LogP contribution in [0.3, 0.4) is 0 Å². The minimum absolute atomic E-state index is 0.110. The summed E-state index contributed by atoms with van der Waals surface area (Å²) in [6, 6.07) is 9.84. The summed E-state index contributed by atoms with van der Waals surface area (Å²) >= 11 is 0. The second kappa shape index (κ2) is 5.98. The van der Waals surface area contributed by atoms with Gasteiger partial charge in [0, 0.05) is 13.1 Å². The molecular formula is C14H21N3O. The number of likely N-dealkylation sites (tertiary alicyclic amines) is 1. The van der Waals surface area contributed by atoms with Crippen LogP contribution in [0.25, 0.3) is 0 Å². The molecular weight excluding hydrogens is 226 g/mol. The van der Waals surface area contributed by atoms with Crippen LogP contribution < -0.4 is 11.3 Å². The number of amides is 1. The first-order chi connectivity index (χ1) is 8.70. The third kappa shape index (κ3) is 3.09. The van der Waals surface area contributed by atoms with E-state index in [0.717, 1.165) is 31.1 Å². The molecule has 2 unspecified atom stereocenters. The van der Waals surface area contributed by atoms with Gasteiger partial charge in [0.05, 0.1) is 5.92 Å². The van der Waals surface area contributed by atoms with Crippen molar-refractivity contribution in [1.82, 2.24) is 10.3 Å². The molecule has 2 atom stereocenters. The van der Waals surface area contributed by atoms with Gasteiger partial charge in [0.25, 0.3) is 0 Å². The number of nitrogens with zero attached hydrogens (tertiary/aromatic N) is 1. The van der Waals surface area contributed by atoms with Gasteiger partial charge in [-0.2, -0.15) is 0 Å². The fraction of sp³-hybridized carbons (Fsp3) is 0.500. The number of nitrogens with two attached hydrogens (primary N) is 1. The predicted molar refractivity (Wildman–Crippen MR) is 71.7 cm³/mol. The Kier molecular flexibility index (Phi) is 4.33. The lowest BCUT2D eigenvalue weighted by atomic mass is 9.98. The summed E-state index contributed by atoms with van der Waals surface area (Å²) in [6.45, 7) is 5.14. The Hall–Kier alpha value is -1.39. The highest BCUT2D eigenvalue weighted by atomic mass is 16.2. The van der Waals surface area contributed by atoms with Crippen LogP contribution in [0.15, 0.2) is 30.3 Å². The quantitative estimate of drug-likeness (QED) is 0.476. The molecule has 4 nitrogen and oxygen atoms in total. The maximum absolute atomic E-state index is 11.9. The summed E-state index contributed by atoms with van der Waals surface area (Å²) in [6.07, 6.45) is 1.21. The van der Waals surface area contributed by atoms with Crippen LogP contribution in [0, 0.1) is 5.92 Å². The number of benzene rings is 1. The number of hydrazine groups is 1. The van der Waals surface area contributed by atoms with E-state index in [-0.39, 0.29) is 11.8 Å². The van der Waals surface area contributed by atoms with Gasteiger partial charge in [-0.25, -0.2) is 5.84 Å². The van der Waals surface area contributed by atoms with Crippen LogP contribution in [0.1, 0.15) is 24.8 Å². The van der Waals surface area contributed by atoms with Crippen LogP contribution in [0.5, 0.6) is 0 Å². The Labute approximate surface area is 108 Å². The molecule has 18 heavy (non-hydrogen) atoms. The molecule has 1 fully saturated rings. The molecule has 1 saturated heterocycles. The molecule has 0 spiro atoms. The summed E-state index contributed by atoms with van der Waals surface area (Å²) < 4.78 is 0. The molecule has 0 saturated carbocycles. The minimum Gasteiger partial charge on any atom is -0.302 e. The van der Waals surface area contributed by atoms with Crippen molar-refractivity contribution in [3.05, 3.63) is 35.9 Å². The van der Waals surface area contributed by atoms with Crippen molar-refractivity contribution in [1.29, 1.82) is 0 Å². The molecule has 0 radical (unpaired) electrons. The lowest BCUT2D eigenvalue weighted by Crippen LogP contribution is -2.40. The number of carbonyl (C=O) groups is 1. The van der Waals surface area contributed by atoms with Crippen molar-refractivity contribution >= 4 is 5.91 Å². The van der Waals surface area contributed by atoms with Gasteiger partial charge >= 0.3 is 0 Å². The average Bonchev–Trinajstić information content (AvgIpc) is 2.82. The predicted octanol–water partition coefficient (Wildman–Crippen LogP) is 1.10. The molecule has 1 aliphatic rings. The van der Waals surface area contributed by atoms with Gasteiger partial charge in [-0.15, -0.1) is 0 Å². The van der Waals surface area contributed by atoms with Crippen molar-refractivity contribution in [3.63, 3.8) is 0 Å². The lowest BCUT2D eigenvalue weighted by molar-refractivity contribution is -0.123. The van der Waals surface area contributed by atoms with Gasteiger partial charge in [0.1, 0.15) is 0 Å². The number of hydrogen-bond donors (Lipinski definition) is 2. The Morgan fingerprint density at radius 3 is 2.78 bits per heavy atom. The van der Waals surface area contributed by atoms with Crippen LogP contribution in [-0.4, -0.2) is 30.4 Å². The van der Waals surface area contributed by atoms with Gasteiger partial charge in [-0.3, -0.25) is 10.2 Å². The van der Waals surface area contributed by atoms with Gasteiger partial charge < -0.3 is 4.90 Å². The summed E-state index contributed by atoms with van der Waals surface area (Å²) in [5.41, 5.74) is 3.31. The molecule has 1 amide bonds. The summed E-state index contributed by atoms with van der Waals surface area (Å²) in [5.74, 6) is 5.73. The molecule has 1 aliphatic heterocycles. The fourth-order valence-electron chi connectivity index (χ4n) is 2.58. The zero-order valence-electron chi connectivity index (χ0n) is 10.8. The Bertz CT molecular complexity index is 393. The first kappa shape index (κ1) is 13.1. The van der Waals surface area contributed by atoms with E-state index in [1.807, 2.05) is 30.3 Å². The van der Waals surface area contributed by atoms with Crippen molar-refractivity contribution in [3.8, 4) is 0 Å². The Morgan fingerprint density at radius 1 is 1.50 bits per heavy atom. The molecule has 98 valence electrons. The second-order valence-corrected chi connectivity index (χ2v) is 5.13. The third-order valence-corrected chi connectivity index (χ3v) is 3.61. The van der Waals surface area contributed by atoms with E-state index in [9.17, 15) is 4.79 Å². The minimum atomic E-state index is -0.179. The normalized spacial score (nSPS) is 21.8.